The van der Waals surface area contributed by atoms with Crippen molar-refractivity contribution in [2.45, 2.75) is 81.1 Å². The minimum absolute atomic E-state index is 0.00473. The number of nitrogens with zero attached hydrogens (tertiary/aromatic N) is 3. The van der Waals surface area contributed by atoms with E-state index in [0.717, 1.165) is 36.0 Å². The zero-order chi connectivity index (χ0) is 43.0. The fourth-order valence-corrected chi connectivity index (χ4v) is 11.0. The van der Waals surface area contributed by atoms with Crippen LogP contribution in [-0.4, -0.2) is 85.0 Å². The van der Waals surface area contributed by atoms with Crippen molar-refractivity contribution in [3.05, 3.63) is 120 Å². The third-order valence-corrected chi connectivity index (χ3v) is 14.0. The molecule has 6 atom stereocenters. The Labute approximate surface area is 358 Å². The monoisotopic (exact) mass is 852 g/mol. The number of aromatic nitrogens is 1. The molecule has 0 saturated heterocycles. The molecule has 2 aliphatic carbocycles. The molecule has 3 aliphatic rings. The van der Waals surface area contributed by atoms with Crippen molar-refractivity contribution in [3.63, 3.8) is 0 Å². The van der Waals surface area contributed by atoms with Crippen molar-refractivity contribution >= 4 is 32.7 Å². The topological polar surface area (TPSA) is 169 Å². The predicted molar refractivity (Wildman–Crippen MR) is 233 cm³/mol. The largest absolute Gasteiger partial charge is 0.460 e. The van der Waals surface area contributed by atoms with Crippen LogP contribution in [0.15, 0.2) is 119 Å². The first-order valence-corrected chi connectivity index (χ1v) is 22.6. The van der Waals surface area contributed by atoms with Gasteiger partial charge in [-0.25, -0.2) is 13.2 Å². The third-order valence-electron chi connectivity index (χ3n) is 12.1. The molecule has 1 aliphatic heterocycles. The van der Waals surface area contributed by atoms with Gasteiger partial charge < -0.3 is 34.6 Å². The van der Waals surface area contributed by atoms with E-state index in [1.54, 1.807) is 49.7 Å². The van der Waals surface area contributed by atoms with Gasteiger partial charge in [-0.1, -0.05) is 78.7 Å². The Balaban J connectivity index is 1.40. The highest BCUT2D eigenvalue weighted by atomic mass is 32.2. The Morgan fingerprint density at radius 2 is 1.80 bits per heavy atom. The van der Waals surface area contributed by atoms with E-state index in [1.165, 1.54) is 4.31 Å². The van der Waals surface area contributed by atoms with Crippen molar-refractivity contribution < 1.29 is 42.5 Å². The molecule has 0 bridgehead atoms. The van der Waals surface area contributed by atoms with Gasteiger partial charge >= 0.3 is 6.09 Å². The molecule has 1 saturated carbocycles. The van der Waals surface area contributed by atoms with Gasteiger partial charge in [0.05, 0.1) is 29.8 Å². The number of benzene rings is 3. The maximum atomic E-state index is 15.0. The average Bonchev–Trinajstić information content (AvgIpc) is 3.28. The van der Waals surface area contributed by atoms with Crippen LogP contribution in [0.3, 0.4) is 0 Å². The Hall–Kier alpha value is -5.12. The van der Waals surface area contributed by atoms with E-state index in [0.29, 0.717) is 54.0 Å². The molecule has 4 aromatic rings. The summed E-state index contributed by atoms with van der Waals surface area (Å²) < 4.78 is 51.5. The number of pyridine rings is 1. The van der Waals surface area contributed by atoms with E-state index in [9.17, 15) is 15.0 Å². The number of nitrogens with one attached hydrogen (secondary N) is 1. The minimum Gasteiger partial charge on any atom is -0.460 e. The van der Waals surface area contributed by atoms with Gasteiger partial charge in [0.15, 0.2) is 0 Å². The van der Waals surface area contributed by atoms with E-state index in [-0.39, 0.29) is 55.4 Å². The van der Waals surface area contributed by atoms with Gasteiger partial charge in [-0.15, -0.1) is 6.58 Å². The van der Waals surface area contributed by atoms with Crippen LogP contribution < -0.4 is 14.8 Å². The number of hydrogen-bond acceptors (Lipinski definition) is 11. The molecule has 0 unspecified atom stereocenters. The summed E-state index contributed by atoms with van der Waals surface area (Å²) in [6.45, 7) is 6.54. The molecule has 1 amide bonds. The number of carbonyl (C=O) groups excluding carboxylic acids is 1. The quantitative estimate of drug-likeness (QED) is 0.0488. The number of carbonyl (C=O) groups is 1. The number of unbranched alkanes of at least 4 members (excludes halogenated alkanes) is 2. The molecule has 3 aromatic carbocycles. The average molecular weight is 853 g/mol. The van der Waals surface area contributed by atoms with Crippen LogP contribution in [0.1, 0.15) is 68.9 Å². The Kier molecular flexibility index (Phi) is 14.2. The lowest BCUT2D eigenvalue weighted by molar-refractivity contribution is -0.250. The number of sulfonamides is 1. The molecule has 2 heterocycles. The second-order valence-electron chi connectivity index (χ2n) is 15.8. The lowest BCUT2D eigenvalue weighted by atomic mass is 9.55. The van der Waals surface area contributed by atoms with Crippen LogP contribution >= 0.6 is 0 Å². The van der Waals surface area contributed by atoms with E-state index in [1.807, 2.05) is 55.5 Å². The minimum atomic E-state index is -4.27. The van der Waals surface area contributed by atoms with Gasteiger partial charge in [0.25, 0.3) is 0 Å². The van der Waals surface area contributed by atoms with Gasteiger partial charge in [0.2, 0.25) is 15.8 Å². The van der Waals surface area contributed by atoms with E-state index < -0.39 is 33.9 Å². The smallest absolute Gasteiger partial charge is 0.412 e. The molecular formula is C47H56N4O9S. The van der Waals surface area contributed by atoms with Crippen molar-refractivity contribution in [3.8, 4) is 11.5 Å². The molecule has 1 aromatic heterocycles. The zero-order valence-electron chi connectivity index (χ0n) is 34.8. The lowest BCUT2D eigenvalue weighted by Gasteiger charge is -2.59. The number of hydrogen-bond donors (Lipinski definition) is 3. The Bertz CT molecular complexity index is 2330. The van der Waals surface area contributed by atoms with Crippen LogP contribution in [0.5, 0.6) is 11.5 Å². The summed E-state index contributed by atoms with van der Waals surface area (Å²) in [7, 11) is -2.73. The summed E-state index contributed by atoms with van der Waals surface area (Å²) in [6.07, 6.45) is 9.12. The number of amides is 1. The van der Waals surface area contributed by atoms with Crippen molar-refractivity contribution in [2.75, 3.05) is 33.5 Å². The van der Waals surface area contributed by atoms with E-state index >= 15 is 8.42 Å². The first-order valence-electron chi connectivity index (χ1n) is 21.2. The van der Waals surface area contributed by atoms with Crippen molar-refractivity contribution in [2.24, 2.45) is 22.9 Å². The number of allylic oxidation sites excluding steroid dienone is 1. The van der Waals surface area contributed by atoms with E-state index in [2.05, 4.69) is 28.1 Å². The summed E-state index contributed by atoms with van der Waals surface area (Å²) in [5, 5.41) is 28.0. The predicted octanol–water partition coefficient (Wildman–Crippen LogP) is 7.50. The van der Waals surface area contributed by atoms with E-state index in [4.69, 9.17) is 19.0 Å². The molecular weight excluding hydrogens is 797 g/mol. The van der Waals surface area contributed by atoms with Crippen LogP contribution in [0, 0.1) is 17.8 Å². The highest BCUT2D eigenvalue weighted by Gasteiger charge is 2.65. The van der Waals surface area contributed by atoms with Crippen LogP contribution in [0.2, 0.25) is 0 Å². The molecule has 14 heteroatoms. The van der Waals surface area contributed by atoms with Crippen LogP contribution in [0.4, 0.5) is 4.79 Å². The number of aliphatic hydroxyl groups is 2. The molecule has 61 heavy (non-hydrogen) atoms. The maximum absolute atomic E-state index is 15.0. The standard InChI is InChI=1S/C47H56N4O9S/c1-4-27-57-47-42(51(3)61(55,56)41-21-13-18-33-19-14-24-48-45(33)41)30-39(50-58-5-2)37-28-34(17-9-11-25-52)36(20-10-12-26-53)43(44(37)47)38-29-35(22-23-40(38)60-47)59-46(54)49-31-32-15-7-6-8-16-32/h4,6-8,13-16,18-19,21-24,28-29,34,36,42-44,52-53H,1,5,9-12,17,20,25-27,30-31H2,2-3H3,(H,49,54)/t34-,36+,42-,43+,44+,47+/m0/s1. The fraction of sp³-hybridized carbons (Fsp3) is 0.426. The third kappa shape index (κ3) is 9.10. The second kappa shape index (κ2) is 19.7. The first kappa shape index (κ1) is 44.0. The summed E-state index contributed by atoms with van der Waals surface area (Å²) >= 11 is 0. The highest BCUT2D eigenvalue weighted by Crippen LogP contribution is 2.62. The fourth-order valence-electron chi connectivity index (χ4n) is 9.43. The van der Waals surface area contributed by atoms with Gasteiger partial charge in [-0.05, 0) is 85.9 Å². The molecule has 7 rings (SSSR count). The number of rotatable bonds is 19. The number of para-hydroxylation sites is 1. The number of fused-ring (bicyclic) bond motifs is 3. The summed E-state index contributed by atoms with van der Waals surface area (Å²) in [6, 6.07) is 22.5. The molecule has 1 fully saturated rings. The molecule has 13 nitrogen and oxygen atoms in total. The van der Waals surface area contributed by atoms with Gasteiger partial charge in [-0.2, -0.15) is 4.31 Å². The molecule has 3 N–H and O–H groups in total. The van der Waals surface area contributed by atoms with Crippen molar-refractivity contribution in [1.82, 2.24) is 14.6 Å². The highest BCUT2D eigenvalue weighted by molar-refractivity contribution is 7.89. The Morgan fingerprint density at radius 1 is 1.03 bits per heavy atom. The normalized spacial score (nSPS) is 23.7. The van der Waals surface area contributed by atoms with Crippen molar-refractivity contribution in [1.29, 1.82) is 0 Å². The van der Waals surface area contributed by atoms with Crippen LogP contribution in [-0.2, 0) is 26.1 Å². The zero-order valence-corrected chi connectivity index (χ0v) is 35.6. The van der Waals surface area contributed by atoms with Gasteiger partial charge in [0, 0.05) is 56.3 Å². The summed E-state index contributed by atoms with van der Waals surface area (Å²) in [5.74, 6) is -1.89. The first-order chi connectivity index (χ1) is 29.7. The van der Waals surface area contributed by atoms with Gasteiger partial charge in [-0.3, -0.25) is 4.98 Å². The number of aliphatic hydroxyl groups excluding tert-OH is 2. The second-order valence-corrected chi connectivity index (χ2v) is 17.7. The lowest BCUT2D eigenvalue weighted by Crippen LogP contribution is -2.69. The number of likely N-dealkylation sites (N-methyl/N-ethyl adjacent to an activating group) is 1. The summed E-state index contributed by atoms with van der Waals surface area (Å²) in [4.78, 5) is 23.5. The Morgan fingerprint density at radius 3 is 2.56 bits per heavy atom. The molecule has 0 radical (unpaired) electrons. The van der Waals surface area contributed by atoms with Crippen LogP contribution in [0.25, 0.3) is 10.9 Å². The van der Waals surface area contributed by atoms with Gasteiger partial charge in [0.1, 0.15) is 23.0 Å². The summed E-state index contributed by atoms with van der Waals surface area (Å²) in [5.41, 5.74) is 3.47. The molecule has 0 spiro atoms. The maximum Gasteiger partial charge on any atom is 0.412 e. The number of ether oxygens (including phenoxy) is 3. The molecule has 324 valence electrons. The number of oxime groups is 1. The SMILES string of the molecule is C=CCO[C@@]12Oc3ccc(OC(=O)NCc4ccccc4)cc3[C@H]3[C@H](CCCCO)[C@@H](CCCCO)C=C(C(=NOCC)C[C@@H]1N(C)S(=O)(=O)c1cccc4cccnc14)[C@H]32.